The second-order valence-electron chi connectivity index (χ2n) is 3.26. The number of carboxylic acids is 1. The predicted molar refractivity (Wildman–Crippen MR) is 42.6 cm³/mol. The van der Waals surface area contributed by atoms with Gasteiger partial charge in [-0.15, -0.1) is 0 Å². The number of hydrogen-bond acceptors (Lipinski definition) is 3. The summed E-state index contributed by atoms with van der Waals surface area (Å²) in [5.41, 5.74) is 5.40. The van der Waals surface area contributed by atoms with E-state index < -0.39 is 12.0 Å². The summed E-state index contributed by atoms with van der Waals surface area (Å²) in [6.45, 7) is 0. The quantitative estimate of drug-likeness (QED) is 0.620. The van der Waals surface area contributed by atoms with Gasteiger partial charge >= 0.3 is 5.97 Å². The van der Waals surface area contributed by atoms with Crippen molar-refractivity contribution in [2.24, 2.45) is 11.7 Å². The molecule has 0 heterocycles. The molecule has 1 fully saturated rings. The SMILES string of the molecule is N[C@@H](C(=O)O)[C@H]1CCCC(=O)C1. The first-order valence-electron chi connectivity index (χ1n) is 4.11. The molecule has 0 saturated heterocycles. The van der Waals surface area contributed by atoms with Crippen LogP contribution in [0.1, 0.15) is 25.7 Å². The van der Waals surface area contributed by atoms with E-state index in [1.807, 2.05) is 0 Å². The highest BCUT2D eigenvalue weighted by molar-refractivity contribution is 5.81. The first-order valence-corrected chi connectivity index (χ1v) is 4.11. The average Bonchev–Trinajstić information content (AvgIpc) is 2.03. The van der Waals surface area contributed by atoms with Crippen LogP contribution in [0.2, 0.25) is 0 Å². The van der Waals surface area contributed by atoms with Crippen molar-refractivity contribution in [3.05, 3.63) is 0 Å². The van der Waals surface area contributed by atoms with Crippen LogP contribution >= 0.6 is 0 Å². The summed E-state index contributed by atoms with van der Waals surface area (Å²) in [5, 5.41) is 8.58. The molecular weight excluding hydrogens is 158 g/mol. The Hall–Kier alpha value is -0.900. The summed E-state index contributed by atoms with van der Waals surface area (Å²) < 4.78 is 0. The Kier molecular flexibility index (Phi) is 2.81. The van der Waals surface area contributed by atoms with Crippen LogP contribution in [0.25, 0.3) is 0 Å². The van der Waals surface area contributed by atoms with E-state index in [0.717, 1.165) is 12.8 Å². The van der Waals surface area contributed by atoms with Gasteiger partial charge in [-0.05, 0) is 18.8 Å². The molecule has 0 aromatic carbocycles. The van der Waals surface area contributed by atoms with Crippen molar-refractivity contribution >= 4 is 11.8 Å². The number of rotatable bonds is 2. The van der Waals surface area contributed by atoms with E-state index in [4.69, 9.17) is 10.8 Å². The Morgan fingerprint density at radius 3 is 2.83 bits per heavy atom. The van der Waals surface area contributed by atoms with E-state index in [1.54, 1.807) is 0 Å². The number of carbonyl (C=O) groups is 2. The molecule has 0 radical (unpaired) electrons. The Bertz CT molecular complexity index is 200. The van der Waals surface area contributed by atoms with Gasteiger partial charge in [0.25, 0.3) is 0 Å². The van der Waals surface area contributed by atoms with Crippen LogP contribution in [0.4, 0.5) is 0 Å². The van der Waals surface area contributed by atoms with Crippen molar-refractivity contribution in [1.82, 2.24) is 0 Å². The lowest BCUT2D eigenvalue weighted by Gasteiger charge is -2.23. The fraction of sp³-hybridized carbons (Fsp3) is 0.750. The fourth-order valence-corrected chi connectivity index (χ4v) is 1.57. The molecule has 68 valence electrons. The van der Waals surface area contributed by atoms with Crippen LogP contribution in [-0.2, 0) is 9.59 Å². The maximum absolute atomic E-state index is 11.0. The van der Waals surface area contributed by atoms with Crippen molar-refractivity contribution in [3.8, 4) is 0 Å². The first kappa shape index (κ1) is 9.19. The highest BCUT2D eigenvalue weighted by atomic mass is 16.4. The number of carboxylic acid groups (broad SMARTS) is 1. The Morgan fingerprint density at radius 1 is 1.67 bits per heavy atom. The van der Waals surface area contributed by atoms with Gasteiger partial charge < -0.3 is 10.8 Å². The van der Waals surface area contributed by atoms with Gasteiger partial charge in [0.15, 0.2) is 0 Å². The fourth-order valence-electron chi connectivity index (χ4n) is 1.57. The third kappa shape index (κ3) is 2.04. The second kappa shape index (κ2) is 3.67. The first-order chi connectivity index (χ1) is 5.61. The van der Waals surface area contributed by atoms with Crippen LogP contribution in [0.15, 0.2) is 0 Å². The number of carbonyl (C=O) groups excluding carboxylic acids is 1. The van der Waals surface area contributed by atoms with Crippen LogP contribution in [-0.4, -0.2) is 22.9 Å². The van der Waals surface area contributed by atoms with E-state index in [0.29, 0.717) is 12.8 Å². The van der Waals surface area contributed by atoms with Crippen molar-refractivity contribution < 1.29 is 14.7 Å². The van der Waals surface area contributed by atoms with E-state index >= 15 is 0 Å². The lowest BCUT2D eigenvalue weighted by atomic mass is 9.83. The predicted octanol–water partition coefficient (Wildman–Crippen LogP) is 0.158. The zero-order valence-electron chi connectivity index (χ0n) is 6.82. The molecule has 12 heavy (non-hydrogen) atoms. The maximum Gasteiger partial charge on any atom is 0.320 e. The molecule has 0 unspecified atom stereocenters. The van der Waals surface area contributed by atoms with E-state index in [1.165, 1.54) is 0 Å². The van der Waals surface area contributed by atoms with Gasteiger partial charge in [0.2, 0.25) is 0 Å². The van der Waals surface area contributed by atoms with E-state index in [-0.39, 0.29) is 11.7 Å². The molecule has 0 spiro atoms. The molecule has 0 aromatic heterocycles. The minimum atomic E-state index is -1.00. The topological polar surface area (TPSA) is 80.4 Å². The normalized spacial score (nSPS) is 26.8. The van der Waals surface area contributed by atoms with Crippen LogP contribution < -0.4 is 5.73 Å². The van der Waals surface area contributed by atoms with Crippen molar-refractivity contribution in [1.29, 1.82) is 0 Å². The number of nitrogens with two attached hydrogens (primary N) is 1. The second-order valence-corrected chi connectivity index (χ2v) is 3.26. The Balaban J connectivity index is 2.51. The van der Waals surface area contributed by atoms with Crippen molar-refractivity contribution in [2.75, 3.05) is 0 Å². The van der Waals surface area contributed by atoms with Crippen molar-refractivity contribution in [3.63, 3.8) is 0 Å². The maximum atomic E-state index is 11.0. The third-order valence-electron chi connectivity index (χ3n) is 2.31. The summed E-state index contributed by atoms with van der Waals surface area (Å²) in [5.74, 6) is -1.01. The molecule has 1 aliphatic rings. The molecule has 0 bridgehead atoms. The standard InChI is InChI=1S/C8H13NO3/c9-7(8(11)12)5-2-1-3-6(10)4-5/h5,7H,1-4,9H2,(H,11,12)/t5-,7+/m0/s1. The van der Waals surface area contributed by atoms with Crippen LogP contribution in [0, 0.1) is 5.92 Å². The minimum Gasteiger partial charge on any atom is -0.480 e. The summed E-state index contributed by atoms with van der Waals surface area (Å²) in [6, 6.07) is -0.866. The van der Waals surface area contributed by atoms with E-state index in [2.05, 4.69) is 0 Å². The summed E-state index contributed by atoms with van der Waals surface area (Å²) in [6.07, 6.45) is 2.47. The number of ketones is 1. The number of Topliss-reactive ketones (excluding diaryl/α,β-unsaturated/α-hetero) is 1. The number of aliphatic carboxylic acids is 1. The molecule has 0 aliphatic heterocycles. The number of hydrogen-bond donors (Lipinski definition) is 2. The van der Waals surface area contributed by atoms with Gasteiger partial charge in [-0.3, -0.25) is 9.59 Å². The molecule has 1 aliphatic carbocycles. The summed E-state index contributed by atoms with van der Waals surface area (Å²) in [7, 11) is 0. The summed E-state index contributed by atoms with van der Waals surface area (Å²) >= 11 is 0. The smallest absolute Gasteiger partial charge is 0.320 e. The molecule has 1 saturated carbocycles. The van der Waals surface area contributed by atoms with Gasteiger partial charge in [-0.1, -0.05) is 0 Å². The molecule has 4 nitrogen and oxygen atoms in total. The molecule has 2 atom stereocenters. The largest absolute Gasteiger partial charge is 0.480 e. The Labute approximate surface area is 70.7 Å². The molecule has 4 heteroatoms. The zero-order chi connectivity index (χ0) is 9.14. The van der Waals surface area contributed by atoms with Crippen molar-refractivity contribution in [2.45, 2.75) is 31.7 Å². The van der Waals surface area contributed by atoms with Gasteiger partial charge in [0, 0.05) is 12.8 Å². The minimum absolute atomic E-state index is 0.142. The molecular formula is C8H13NO3. The van der Waals surface area contributed by atoms with Gasteiger partial charge in [-0.25, -0.2) is 0 Å². The van der Waals surface area contributed by atoms with Crippen LogP contribution in [0.5, 0.6) is 0 Å². The lowest BCUT2D eigenvalue weighted by molar-refractivity contribution is -0.140. The third-order valence-corrected chi connectivity index (χ3v) is 2.31. The zero-order valence-corrected chi connectivity index (χ0v) is 6.82. The average molecular weight is 171 g/mol. The molecule has 1 rings (SSSR count). The molecule has 0 aromatic rings. The van der Waals surface area contributed by atoms with Crippen LogP contribution in [0.3, 0.4) is 0 Å². The van der Waals surface area contributed by atoms with Gasteiger partial charge in [-0.2, -0.15) is 0 Å². The lowest BCUT2D eigenvalue weighted by Crippen LogP contribution is -2.40. The monoisotopic (exact) mass is 171 g/mol. The van der Waals surface area contributed by atoms with Gasteiger partial charge in [0.1, 0.15) is 11.8 Å². The highest BCUT2D eigenvalue weighted by Gasteiger charge is 2.28. The van der Waals surface area contributed by atoms with Gasteiger partial charge in [0.05, 0.1) is 0 Å². The highest BCUT2D eigenvalue weighted by Crippen LogP contribution is 2.23. The van der Waals surface area contributed by atoms with E-state index in [9.17, 15) is 9.59 Å². The molecule has 3 N–H and O–H groups in total. The summed E-state index contributed by atoms with van der Waals surface area (Å²) in [4.78, 5) is 21.4. The Morgan fingerprint density at radius 2 is 2.33 bits per heavy atom. The molecule has 0 amide bonds.